The van der Waals surface area contributed by atoms with E-state index in [-0.39, 0.29) is 5.91 Å². The fourth-order valence-electron chi connectivity index (χ4n) is 1.68. The van der Waals surface area contributed by atoms with Gasteiger partial charge in [0.1, 0.15) is 4.88 Å². The van der Waals surface area contributed by atoms with Gasteiger partial charge in [0.15, 0.2) is 11.5 Å². The highest BCUT2D eigenvalue weighted by Gasteiger charge is 2.15. The average Bonchev–Trinajstić information content (AvgIpc) is 3.00. The maximum absolute atomic E-state index is 12.0. The lowest BCUT2D eigenvalue weighted by Gasteiger charge is -2.14. The zero-order valence-corrected chi connectivity index (χ0v) is 12.1. The van der Waals surface area contributed by atoms with Crippen molar-refractivity contribution in [3.63, 3.8) is 0 Å². The van der Waals surface area contributed by atoms with E-state index in [0.717, 1.165) is 11.5 Å². The summed E-state index contributed by atoms with van der Waals surface area (Å²) in [5.74, 6) is 1.20. The molecule has 1 heterocycles. The molecule has 2 aromatic rings. The first-order chi connectivity index (χ1) is 9.69. The summed E-state index contributed by atoms with van der Waals surface area (Å²) < 4.78 is 19.6. The number of hydrogen-bond donors (Lipinski definition) is 1. The predicted molar refractivity (Wildman–Crippen MR) is 76.2 cm³/mol. The lowest BCUT2D eigenvalue weighted by Crippen LogP contribution is -2.10. The Morgan fingerprint density at radius 1 is 1.15 bits per heavy atom. The monoisotopic (exact) mass is 294 g/mol. The molecule has 20 heavy (non-hydrogen) atoms. The predicted octanol–water partition coefficient (Wildman–Crippen LogP) is 2.42. The van der Waals surface area contributed by atoms with Crippen molar-refractivity contribution in [2.45, 2.75) is 0 Å². The Kier molecular flexibility index (Phi) is 4.41. The van der Waals surface area contributed by atoms with Crippen molar-refractivity contribution in [1.82, 2.24) is 4.37 Å². The lowest BCUT2D eigenvalue weighted by atomic mass is 10.2. The number of methoxy groups -OCH3 is 3. The van der Waals surface area contributed by atoms with Gasteiger partial charge in [0.05, 0.1) is 21.3 Å². The van der Waals surface area contributed by atoms with Crippen molar-refractivity contribution in [1.29, 1.82) is 0 Å². The standard InChI is InChI=1S/C13H14N2O4S/c1-17-9-6-8(7-10(18-2)12(9)19-3)15-13(16)11-4-5-14-20-11/h4-7H,1-3H3,(H,15,16). The Morgan fingerprint density at radius 2 is 1.80 bits per heavy atom. The minimum absolute atomic E-state index is 0.234. The third-order valence-corrected chi connectivity index (χ3v) is 3.33. The van der Waals surface area contributed by atoms with Gasteiger partial charge in [0.2, 0.25) is 5.75 Å². The maximum Gasteiger partial charge on any atom is 0.267 e. The van der Waals surface area contributed by atoms with Gasteiger partial charge in [0, 0.05) is 24.0 Å². The Hall–Kier alpha value is -2.28. The summed E-state index contributed by atoms with van der Waals surface area (Å²) in [5.41, 5.74) is 0.554. The summed E-state index contributed by atoms with van der Waals surface area (Å²) in [6.45, 7) is 0. The van der Waals surface area contributed by atoms with Crippen LogP contribution in [-0.4, -0.2) is 31.6 Å². The second kappa shape index (κ2) is 6.25. The summed E-state index contributed by atoms with van der Waals surface area (Å²) >= 11 is 1.13. The van der Waals surface area contributed by atoms with Crippen LogP contribution in [0.15, 0.2) is 24.4 Å². The SMILES string of the molecule is COc1cc(NC(=O)c2ccns2)cc(OC)c1OC. The van der Waals surface area contributed by atoms with E-state index in [9.17, 15) is 4.79 Å². The van der Waals surface area contributed by atoms with Crippen LogP contribution in [0, 0.1) is 0 Å². The molecule has 1 aromatic carbocycles. The molecule has 7 heteroatoms. The van der Waals surface area contributed by atoms with Crippen LogP contribution in [-0.2, 0) is 0 Å². The molecular formula is C13H14N2O4S. The normalized spacial score (nSPS) is 9.95. The summed E-state index contributed by atoms with van der Waals surface area (Å²) in [7, 11) is 4.56. The largest absolute Gasteiger partial charge is 0.493 e. The minimum Gasteiger partial charge on any atom is -0.493 e. The van der Waals surface area contributed by atoms with Crippen molar-refractivity contribution in [3.05, 3.63) is 29.3 Å². The number of ether oxygens (including phenoxy) is 3. The van der Waals surface area contributed by atoms with E-state index in [0.29, 0.717) is 27.8 Å². The Morgan fingerprint density at radius 3 is 2.25 bits per heavy atom. The smallest absolute Gasteiger partial charge is 0.267 e. The fraction of sp³-hybridized carbons (Fsp3) is 0.231. The zero-order chi connectivity index (χ0) is 14.5. The molecule has 0 saturated heterocycles. The number of carbonyl (C=O) groups excluding carboxylic acids is 1. The van der Waals surface area contributed by atoms with Gasteiger partial charge in [-0.2, -0.15) is 0 Å². The van der Waals surface area contributed by atoms with Gasteiger partial charge in [-0.3, -0.25) is 4.79 Å². The third-order valence-electron chi connectivity index (χ3n) is 2.58. The minimum atomic E-state index is -0.234. The number of hydrogen-bond acceptors (Lipinski definition) is 6. The number of aromatic nitrogens is 1. The molecular weight excluding hydrogens is 280 g/mol. The number of nitrogens with zero attached hydrogens (tertiary/aromatic N) is 1. The number of amides is 1. The molecule has 0 fully saturated rings. The summed E-state index contributed by atoms with van der Waals surface area (Å²) in [6.07, 6.45) is 1.58. The molecule has 6 nitrogen and oxygen atoms in total. The molecule has 2 rings (SSSR count). The molecule has 0 aliphatic carbocycles. The average molecular weight is 294 g/mol. The molecule has 0 saturated carbocycles. The highest BCUT2D eigenvalue weighted by molar-refractivity contribution is 7.08. The highest BCUT2D eigenvalue weighted by atomic mass is 32.1. The first kappa shape index (κ1) is 14.1. The lowest BCUT2D eigenvalue weighted by molar-refractivity contribution is 0.103. The molecule has 1 aromatic heterocycles. The van der Waals surface area contributed by atoms with Gasteiger partial charge in [0.25, 0.3) is 5.91 Å². The summed E-state index contributed by atoms with van der Waals surface area (Å²) in [5, 5.41) is 2.76. The molecule has 1 amide bonds. The van der Waals surface area contributed by atoms with Crippen molar-refractivity contribution >= 4 is 23.1 Å². The van der Waals surface area contributed by atoms with E-state index < -0.39 is 0 Å². The van der Waals surface area contributed by atoms with E-state index in [2.05, 4.69) is 9.69 Å². The van der Waals surface area contributed by atoms with Crippen LogP contribution in [0.3, 0.4) is 0 Å². The number of carbonyl (C=O) groups is 1. The van der Waals surface area contributed by atoms with Crippen LogP contribution in [0.25, 0.3) is 0 Å². The van der Waals surface area contributed by atoms with Crippen LogP contribution < -0.4 is 19.5 Å². The number of nitrogens with one attached hydrogen (secondary N) is 1. The van der Waals surface area contributed by atoms with Gasteiger partial charge in [-0.15, -0.1) is 0 Å². The van der Waals surface area contributed by atoms with Crippen molar-refractivity contribution in [2.75, 3.05) is 26.6 Å². The van der Waals surface area contributed by atoms with Crippen LogP contribution in [0.4, 0.5) is 5.69 Å². The first-order valence-electron chi connectivity index (χ1n) is 5.71. The van der Waals surface area contributed by atoms with Gasteiger partial charge in [-0.05, 0) is 17.6 Å². The van der Waals surface area contributed by atoms with Crippen molar-refractivity contribution in [3.8, 4) is 17.2 Å². The number of rotatable bonds is 5. The molecule has 0 unspecified atom stereocenters. The first-order valence-corrected chi connectivity index (χ1v) is 6.49. The highest BCUT2D eigenvalue weighted by Crippen LogP contribution is 2.40. The van der Waals surface area contributed by atoms with Crippen molar-refractivity contribution < 1.29 is 19.0 Å². The van der Waals surface area contributed by atoms with Crippen LogP contribution in [0.5, 0.6) is 17.2 Å². The molecule has 0 aliphatic rings. The molecule has 0 radical (unpaired) electrons. The van der Waals surface area contributed by atoms with E-state index in [1.54, 1.807) is 24.4 Å². The molecule has 0 aliphatic heterocycles. The second-order valence-corrected chi connectivity index (χ2v) is 4.58. The molecule has 1 N–H and O–H groups in total. The Balaban J connectivity index is 2.30. The van der Waals surface area contributed by atoms with Gasteiger partial charge in [-0.1, -0.05) is 0 Å². The van der Waals surface area contributed by atoms with Crippen molar-refractivity contribution in [2.24, 2.45) is 0 Å². The maximum atomic E-state index is 12.0. The Labute approximate surface area is 120 Å². The second-order valence-electron chi connectivity index (χ2n) is 3.74. The van der Waals surface area contributed by atoms with Gasteiger partial charge in [-0.25, -0.2) is 4.37 Å². The molecule has 0 atom stereocenters. The number of anilines is 1. The zero-order valence-electron chi connectivity index (χ0n) is 11.3. The van der Waals surface area contributed by atoms with Gasteiger partial charge < -0.3 is 19.5 Å². The molecule has 0 bridgehead atoms. The summed E-state index contributed by atoms with van der Waals surface area (Å²) in [4.78, 5) is 12.5. The fourth-order valence-corrected chi connectivity index (χ4v) is 2.17. The van der Waals surface area contributed by atoms with Crippen LogP contribution >= 0.6 is 11.5 Å². The van der Waals surface area contributed by atoms with Gasteiger partial charge >= 0.3 is 0 Å². The molecule has 106 valence electrons. The quantitative estimate of drug-likeness (QED) is 0.917. The summed E-state index contributed by atoms with van der Waals surface area (Å²) in [6, 6.07) is 4.98. The van der Waals surface area contributed by atoms with Crippen LogP contribution in [0.2, 0.25) is 0 Å². The van der Waals surface area contributed by atoms with E-state index >= 15 is 0 Å². The van der Waals surface area contributed by atoms with Crippen LogP contribution in [0.1, 0.15) is 9.67 Å². The Bertz CT molecular complexity index is 573. The molecule has 0 spiro atoms. The van der Waals surface area contributed by atoms with E-state index in [1.807, 2.05) is 0 Å². The van der Waals surface area contributed by atoms with E-state index in [4.69, 9.17) is 14.2 Å². The third kappa shape index (κ3) is 2.83. The number of benzene rings is 1. The topological polar surface area (TPSA) is 69.7 Å². The van der Waals surface area contributed by atoms with E-state index in [1.165, 1.54) is 21.3 Å².